The van der Waals surface area contributed by atoms with Crippen molar-refractivity contribution in [3.63, 3.8) is 0 Å². The molecule has 0 unspecified atom stereocenters. The summed E-state index contributed by atoms with van der Waals surface area (Å²) in [6.07, 6.45) is -0.945. The van der Waals surface area contributed by atoms with Crippen LogP contribution in [0.25, 0.3) is 10.4 Å². The van der Waals surface area contributed by atoms with Gasteiger partial charge in [-0.25, -0.2) is 0 Å². The second-order valence-electron chi connectivity index (χ2n) is 4.71. The van der Waals surface area contributed by atoms with E-state index in [0.717, 1.165) is 0 Å². The SMILES string of the molecule is CC(C)(C)OC(=O)C[C@@H](O)[C@@H](CCN)N=[N+]=[N-]. The summed E-state index contributed by atoms with van der Waals surface area (Å²) in [5.74, 6) is -0.528. The number of hydrogen-bond acceptors (Lipinski definition) is 5. The molecular formula is C10H20N4O3. The molecule has 0 radical (unpaired) electrons. The highest BCUT2D eigenvalue weighted by atomic mass is 16.6. The lowest BCUT2D eigenvalue weighted by Crippen LogP contribution is -2.32. The van der Waals surface area contributed by atoms with Crippen molar-refractivity contribution in [1.29, 1.82) is 0 Å². The molecule has 7 heteroatoms. The minimum Gasteiger partial charge on any atom is -0.460 e. The van der Waals surface area contributed by atoms with Crippen LogP contribution in [0.2, 0.25) is 0 Å². The summed E-state index contributed by atoms with van der Waals surface area (Å²) in [5, 5.41) is 13.1. The maximum atomic E-state index is 11.4. The zero-order valence-electron chi connectivity index (χ0n) is 10.5. The first kappa shape index (κ1) is 15.7. The molecule has 0 spiro atoms. The molecule has 0 aliphatic carbocycles. The fourth-order valence-corrected chi connectivity index (χ4v) is 1.25. The smallest absolute Gasteiger partial charge is 0.308 e. The molecule has 0 fully saturated rings. The molecule has 0 aliphatic heterocycles. The predicted molar refractivity (Wildman–Crippen MR) is 63.1 cm³/mol. The second-order valence-corrected chi connectivity index (χ2v) is 4.71. The van der Waals surface area contributed by atoms with Crippen molar-refractivity contribution >= 4 is 5.97 Å². The van der Waals surface area contributed by atoms with Gasteiger partial charge >= 0.3 is 5.97 Å². The van der Waals surface area contributed by atoms with Crippen molar-refractivity contribution in [3.05, 3.63) is 10.4 Å². The summed E-state index contributed by atoms with van der Waals surface area (Å²) < 4.78 is 5.05. The number of carbonyl (C=O) groups is 1. The average molecular weight is 244 g/mol. The maximum Gasteiger partial charge on any atom is 0.308 e. The highest BCUT2D eigenvalue weighted by Gasteiger charge is 2.24. The van der Waals surface area contributed by atoms with E-state index in [0.29, 0.717) is 6.42 Å². The third kappa shape index (κ3) is 7.57. The van der Waals surface area contributed by atoms with Crippen molar-refractivity contribution in [1.82, 2.24) is 0 Å². The van der Waals surface area contributed by atoms with Crippen LogP contribution in [0.1, 0.15) is 33.6 Å². The van der Waals surface area contributed by atoms with E-state index in [4.69, 9.17) is 16.0 Å². The largest absolute Gasteiger partial charge is 0.460 e. The van der Waals surface area contributed by atoms with E-state index in [1.807, 2.05) is 0 Å². The number of aliphatic hydroxyl groups is 1. The summed E-state index contributed by atoms with van der Waals surface area (Å²) in [7, 11) is 0. The van der Waals surface area contributed by atoms with Gasteiger partial charge in [-0.3, -0.25) is 4.79 Å². The van der Waals surface area contributed by atoms with Gasteiger partial charge in [0, 0.05) is 4.91 Å². The Morgan fingerprint density at radius 3 is 2.59 bits per heavy atom. The van der Waals surface area contributed by atoms with E-state index >= 15 is 0 Å². The van der Waals surface area contributed by atoms with Crippen LogP contribution in [0.5, 0.6) is 0 Å². The summed E-state index contributed by atoms with van der Waals surface area (Å²) >= 11 is 0. The molecule has 0 bridgehead atoms. The molecule has 0 heterocycles. The third-order valence-corrected chi connectivity index (χ3v) is 1.90. The van der Waals surface area contributed by atoms with E-state index in [9.17, 15) is 9.90 Å². The molecule has 0 aromatic carbocycles. The van der Waals surface area contributed by atoms with Crippen molar-refractivity contribution in [2.24, 2.45) is 10.8 Å². The Balaban J connectivity index is 4.34. The first-order valence-corrected chi connectivity index (χ1v) is 5.44. The Kier molecular flexibility index (Phi) is 6.57. The monoisotopic (exact) mass is 244 g/mol. The van der Waals surface area contributed by atoms with E-state index in [-0.39, 0.29) is 13.0 Å². The van der Waals surface area contributed by atoms with Gasteiger partial charge in [0.15, 0.2) is 0 Å². The normalized spacial score (nSPS) is 14.6. The molecule has 0 saturated heterocycles. The van der Waals surface area contributed by atoms with Gasteiger partial charge in [-0.05, 0) is 39.3 Å². The van der Waals surface area contributed by atoms with Gasteiger partial charge in [-0.2, -0.15) is 0 Å². The molecule has 2 atom stereocenters. The van der Waals surface area contributed by atoms with Crippen LogP contribution in [0, 0.1) is 0 Å². The quantitative estimate of drug-likeness (QED) is 0.314. The molecule has 7 nitrogen and oxygen atoms in total. The number of hydrogen-bond donors (Lipinski definition) is 2. The predicted octanol–water partition coefficient (Wildman–Crippen LogP) is 1.11. The third-order valence-electron chi connectivity index (χ3n) is 1.90. The summed E-state index contributed by atoms with van der Waals surface area (Å²) in [4.78, 5) is 14.0. The number of ether oxygens (including phenoxy) is 1. The fraction of sp³-hybridized carbons (Fsp3) is 0.900. The number of rotatable bonds is 6. The molecule has 0 aromatic rings. The molecule has 0 rings (SSSR count). The van der Waals surface area contributed by atoms with E-state index in [2.05, 4.69) is 10.0 Å². The van der Waals surface area contributed by atoms with Gasteiger partial charge in [0.05, 0.1) is 18.6 Å². The molecular weight excluding hydrogens is 224 g/mol. The first-order chi connectivity index (χ1) is 7.80. The maximum absolute atomic E-state index is 11.4. The lowest BCUT2D eigenvalue weighted by Gasteiger charge is -2.22. The number of carbonyl (C=O) groups excluding carboxylic acids is 1. The Hall–Kier alpha value is -1.30. The topological polar surface area (TPSA) is 121 Å². The van der Waals surface area contributed by atoms with Gasteiger partial charge in [0.25, 0.3) is 0 Å². The zero-order valence-corrected chi connectivity index (χ0v) is 10.5. The van der Waals surface area contributed by atoms with Crippen LogP contribution in [0.4, 0.5) is 0 Å². The van der Waals surface area contributed by atoms with Gasteiger partial charge in [0.1, 0.15) is 5.60 Å². The highest BCUT2D eigenvalue weighted by Crippen LogP contribution is 2.13. The Labute approximate surface area is 101 Å². The van der Waals surface area contributed by atoms with E-state index < -0.39 is 23.7 Å². The Bertz CT molecular complexity index is 294. The number of esters is 1. The molecule has 0 aliphatic rings. The Morgan fingerprint density at radius 2 is 2.18 bits per heavy atom. The summed E-state index contributed by atoms with van der Waals surface area (Å²) in [6, 6.07) is -0.697. The minimum atomic E-state index is -1.07. The van der Waals surface area contributed by atoms with E-state index in [1.54, 1.807) is 20.8 Å². The molecule has 17 heavy (non-hydrogen) atoms. The standard InChI is InChI=1S/C10H20N4O3/c1-10(2,3)17-9(16)6-8(15)7(4-5-11)13-14-12/h7-8,15H,4-6,11H2,1-3H3/t7-,8-/m1/s1. The molecule has 0 saturated carbocycles. The first-order valence-electron chi connectivity index (χ1n) is 5.44. The van der Waals surface area contributed by atoms with Crippen LogP contribution in [0.3, 0.4) is 0 Å². The number of nitrogens with two attached hydrogens (primary N) is 1. The van der Waals surface area contributed by atoms with Gasteiger partial charge < -0.3 is 15.6 Å². The van der Waals surface area contributed by atoms with Crippen LogP contribution < -0.4 is 5.73 Å². The average Bonchev–Trinajstić information content (AvgIpc) is 2.14. The summed E-state index contributed by atoms with van der Waals surface area (Å²) in [6.45, 7) is 5.49. The van der Waals surface area contributed by atoms with Crippen LogP contribution in [-0.4, -0.2) is 35.4 Å². The second kappa shape index (κ2) is 7.11. The van der Waals surface area contributed by atoms with Gasteiger partial charge in [0.2, 0.25) is 0 Å². The number of nitrogens with zero attached hydrogens (tertiary/aromatic N) is 3. The van der Waals surface area contributed by atoms with Crippen molar-refractivity contribution in [2.75, 3.05) is 6.54 Å². The van der Waals surface area contributed by atoms with Crippen LogP contribution in [-0.2, 0) is 9.53 Å². The van der Waals surface area contributed by atoms with Crippen LogP contribution >= 0.6 is 0 Å². The van der Waals surface area contributed by atoms with Crippen molar-refractivity contribution in [2.45, 2.75) is 51.4 Å². The lowest BCUT2D eigenvalue weighted by atomic mass is 10.1. The molecule has 98 valence electrons. The van der Waals surface area contributed by atoms with Gasteiger partial charge in [-0.15, -0.1) is 0 Å². The highest BCUT2D eigenvalue weighted by molar-refractivity contribution is 5.70. The van der Waals surface area contributed by atoms with Crippen molar-refractivity contribution < 1.29 is 14.6 Å². The molecule has 0 amide bonds. The van der Waals surface area contributed by atoms with Crippen LogP contribution in [0.15, 0.2) is 5.11 Å². The minimum absolute atomic E-state index is 0.207. The molecule has 3 N–H and O–H groups in total. The fourth-order valence-electron chi connectivity index (χ4n) is 1.25. The molecule has 0 aromatic heterocycles. The lowest BCUT2D eigenvalue weighted by molar-refractivity contribution is -0.157. The zero-order chi connectivity index (χ0) is 13.5. The van der Waals surface area contributed by atoms with Crippen molar-refractivity contribution in [3.8, 4) is 0 Å². The van der Waals surface area contributed by atoms with E-state index in [1.165, 1.54) is 0 Å². The summed E-state index contributed by atoms with van der Waals surface area (Å²) in [5.41, 5.74) is 13.0. The number of aliphatic hydroxyl groups excluding tert-OH is 1. The number of azide groups is 1. The Morgan fingerprint density at radius 1 is 1.59 bits per heavy atom. The van der Waals surface area contributed by atoms with Gasteiger partial charge in [-0.1, -0.05) is 5.11 Å².